The molecule has 0 spiro atoms. The fourth-order valence-corrected chi connectivity index (χ4v) is 5.16. The molecule has 0 radical (unpaired) electrons. The number of aliphatic hydroxyl groups excluding tert-OH is 1. The lowest BCUT2D eigenvalue weighted by molar-refractivity contribution is 0.145. The van der Waals surface area contributed by atoms with Crippen LogP contribution in [0.15, 0.2) is 36.7 Å². The van der Waals surface area contributed by atoms with E-state index in [1.54, 1.807) is 6.33 Å². The van der Waals surface area contributed by atoms with Crippen LogP contribution in [0, 0.1) is 0 Å². The van der Waals surface area contributed by atoms with E-state index in [0.717, 1.165) is 11.4 Å². The first-order valence-corrected chi connectivity index (χ1v) is 12.5. The molecule has 9 nitrogen and oxygen atoms in total. The van der Waals surface area contributed by atoms with Crippen molar-refractivity contribution in [3.05, 3.63) is 42.2 Å². The van der Waals surface area contributed by atoms with Crippen LogP contribution in [0.25, 0.3) is 11.0 Å². The summed E-state index contributed by atoms with van der Waals surface area (Å²) < 4.78 is 11.9. The van der Waals surface area contributed by atoms with E-state index in [9.17, 15) is 9.32 Å². The fourth-order valence-electron chi connectivity index (χ4n) is 4.11. The zero-order chi connectivity index (χ0) is 21.9. The van der Waals surface area contributed by atoms with Gasteiger partial charge in [-0.2, -0.15) is 4.98 Å². The van der Waals surface area contributed by atoms with Crippen molar-refractivity contribution in [2.24, 2.45) is 0 Å². The summed E-state index contributed by atoms with van der Waals surface area (Å²) in [6, 6.07) is 10.2. The maximum atomic E-state index is 11.9. The van der Waals surface area contributed by atoms with Crippen molar-refractivity contribution in [3.63, 3.8) is 0 Å². The van der Waals surface area contributed by atoms with Crippen molar-refractivity contribution in [1.82, 2.24) is 19.9 Å². The minimum absolute atomic E-state index is 0.269. The van der Waals surface area contributed by atoms with Gasteiger partial charge >= 0.3 is 0 Å². The molecular formula is C22H27N7O2S. The second kappa shape index (κ2) is 9.33. The number of nitrogens with zero attached hydrogens (tertiary/aromatic N) is 6. The molecule has 0 unspecified atom stereocenters. The highest BCUT2D eigenvalue weighted by atomic mass is 32.2. The largest absolute Gasteiger partial charge is 0.393 e. The first-order chi connectivity index (χ1) is 15.7. The summed E-state index contributed by atoms with van der Waals surface area (Å²) in [5.41, 5.74) is 2.53. The molecule has 1 aromatic carbocycles. The molecule has 5 rings (SSSR count). The van der Waals surface area contributed by atoms with Crippen LogP contribution in [0.2, 0.25) is 0 Å². The molecule has 2 aromatic heterocycles. The highest BCUT2D eigenvalue weighted by Crippen LogP contribution is 2.30. The number of hydrogen-bond acceptors (Lipinski definition) is 9. The summed E-state index contributed by atoms with van der Waals surface area (Å²) in [5, 5.41) is 13.3. The molecule has 168 valence electrons. The van der Waals surface area contributed by atoms with Crippen molar-refractivity contribution in [2.45, 2.75) is 25.5 Å². The average Bonchev–Trinajstić information content (AvgIpc) is 2.84. The monoisotopic (exact) mass is 453 g/mol. The SMILES string of the molecule is O=S1CCN(c2nc(N3CCC(O)CC3)nc3c(NCc4ccccc4)ncnc23)CC1. The Hall–Kier alpha value is -2.85. The number of hydrogen-bond donors (Lipinski definition) is 2. The third-order valence-electron chi connectivity index (χ3n) is 5.98. The lowest BCUT2D eigenvalue weighted by Crippen LogP contribution is -2.40. The third kappa shape index (κ3) is 4.51. The topological polar surface area (TPSA) is 107 Å². The molecule has 10 heteroatoms. The third-order valence-corrected chi connectivity index (χ3v) is 7.26. The van der Waals surface area contributed by atoms with E-state index in [1.807, 2.05) is 18.2 Å². The Morgan fingerprint density at radius 2 is 1.72 bits per heavy atom. The quantitative estimate of drug-likeness (QED) is 0.595. The van der Waals surface area contributed by atoms with Crippen LogP contribution in [0.1, 0.15) is 18.4 Å². The number of rotatable bonds is 5. The van der Waals surface area contributed by atoms with E-state index >= 15 is 0 Å². The standard InChI is InChI=1S/C22H27N7O2S/c30-17-6-8-29(9-7-17)22-26-18-19(21(27-22)28-10-12-32(31)13-11-28)24-15-25-20(18)23-14-16-4-2-1-3-5-16/h1-5,15,17,30H,6-14H2,(H,23,24,25). The molecule has 2 saturated heterocycles. The van der Waals surface area contributed by atoms with Crippen molar-refractivity contribution in [3.8, 4) is 0 Å². The summed E-state index contributed by atoms with van der Waals surface area (Å²) in [5.74, 6) is 3.31. The minimum atomic E-state index is -0.779. The molecule has 2 fully saturated rings. The summed E-state index contributed by atoms with van der Waals surface area (Å²) in [7, 11) is -0.779. The smallest absolute Gasteiger partial charge is 0.228 e. The van der Waals surface area contributed by atoms with Gasteiger partial charge in [-0.25, -0.2) is 15.0 Å². The van der Waals surface area contributed by atoms with E-state index in [0.29, 0.717) is 79.9 Å². The summed E-state index contributed by atoms with van der Waals surface area (Å²) in [4.78, 5) is 23.1. The van der Waals surface area contributed by atoms with Crippen LogP contribution in [0.3, 0.4) is 0 Å². The highest BCUT2D eigenvalue weighted by Gasteiger charge is 2.25. The zero-order valence-corrected chi connectivity index (χ0v) is 18.7. The zero-order valence-electron chi connectivity index (χ0n) is 17.9. The molecule has 0 bridgehead atoms. The predicted molar refractivity (Wildman–Crippen MR) is 126 cm³/mol. The van der Waals surface area contributed by atoms with Crippen LogP contribution < -0.4 is 15.1 Å². The van der Waals surface area contributed by atoms with Crippen molar-refractivity contribution >= 4 is 39.4 Å². The summed E-state index contributed by atoms with van der Waals surface area (Å²) in [6.45, 7) is 3.38. The van der Waals surface area contributed by atoms with Gasteiger partial charge in [0.05, 0.1) is 6.10 Å². The van der Waals surface area contributed by atoms with Gasteiger partial charge in [-0.1, -0.05) is 30.3 Å². The molecular weight excluding hydrogens is 426 g/mol. The first-order valence-electron chi connectivity index (χ1n) is 11.0. The molecule has 32 heavy (non-hydrogen) atoms. The maximum Gasteiger partial charge on any atom is 0.228 e. The van der Waals surface area contributed by atoms with Crippen LogP contribution in [0.5, 0.6) is 0 Å². The molecule has 0 aliphatic carbocycles. The summed E-state index contributed by atoms with van der Waals surface area (Å²) in [6.07, 6.45) is 2.67. The number of fused-ring (bicyclic) bond motifs is 1. The Balaban J connectivity index is 1.53. The molecule has 0 amide bonds. The van der Waals surface area contributed by atoms with E-state index in [4.69, 9.17) is 9.97 Å². The van der Waals surface area contributed by atoms with Crippen LogP contribution >= 0.6 is 0 Å². The number of piperidine rings is 1. The number of nitrogens with one attached hydrogen (secondary N) is 1. The van der Waals surface area contributed by atoms with Gasteiger partial charge in [0.25, 0.3) is 0 Å². The highest BCUT2D eigenvalue weighted by molar-refractivity contribution is 7.85. The average molecular weight is 454 g/mol. The van der Waals surface area contributed by atoms with Crippen molar-refractivity contribution in [1.29, 1.82) is 0 Å². The normalized spacial score (nSPS) is 18.3. The Kier molecular flexibility index (Phi) is 6.13. The molecule has 3 aromatic rings. The van der Waals surface area contributed by atoms with Gasteiger partial charge in [0.15, 0.2) is 11.6 Å². The number of aromatic nitrogens is 4. The second-order valence-corrected chi connectivity index (χ2v) is 9.86. The van der Waals surface area contributed by atoms with Crippen LogP contribution in [-0.4, -0.2) is 73.0 Å². The molecule has 2 N–H and O–H groups in total. The van der Waals surface area contributed by atoms with Gasteiger partial charge < -0.3 is 20.2 Å². The number of anilines is 3. The molecule has 2 aliphatic heterocycles. The van der Waals surface area contributed by atoms with E-state index in [2.05, 4.69) is 37.2 Å². The molecule has 0 saturated carbocycles. The van der Waals surface area contributed by atoms with Crippen LogP contribution in [-0.2, 0) is 17.3 Å². The fraction of sp³-hybridized carbons (Fsp3) is 0.455. The minimum Gasteiger partial charge on any atom is -0.393 e. The Labute approximate surface area is 189 Å². The predicted octanol–water partition coefficient (Wildman–Crippen LogP) is 1.56. The first kappa shape index (κ1) is 21.0. The van der Waals surface area contributed by atoms with Gasteiger partial charge in [-0.3, -0.25) is 4.21 Å². The lowest BCUT2D eigenvalue weighted by atomic mass is 10.1. The Bertz CT molecular complexity index is 1100. The maximum absolute atomic E-state index is 11.9. The van der Waals surface area contributed by atoms with Gasteiger partial charge in [0, 0.05) is 55.0 Å². The molecule has 0 atom stereocenters. The van der Waals surface area contributed by atoms with Crippen LogP contribution in [0.4, 0.5) is 17.6 Å². The lowest BCUT2D eigenvalue weighted by Gasteiger charge is -2.32. The van der Waals surface area contributed by atoms with E-state index < -0.39 is 10.8 Å². The molecule has 4 heterocycles. The Morgan fingerprint density at radius 3 is 2.47 bits per heavy atom. The second-order valence-electron chi connectivity index (χ2n) is 8.16. The Morgan fingerprint density at radius 1 is 0.969 bits per heavy atom. The van der Waals surface area contributed by atoms with Gasteiger partial charge in [-0.05, 0) is 18.4 Å². The number of benzene rings is 1. The number of aliphatic hydroxyl groups is 1. The van der Waals surface area contributed by atoms with Crippen molar-refractivity contribution < 1.29 is 9.32 Å². The van der Waals surface area contributed by atoms with Crippen molar-refractivity contribution in [2.75, 3.05) is 52.8 Å². The van der Waals surface area contributed by atoms with E-state index in [1.165, 1.54) is 0 Å². The summed E-state index contributed by atoms with van der Waals surface area (Å²) >= 11 is 0. The van der Waals surface area contributed by atoms with Gasteiger partial charge in [0.2, 0.25) is 5.95 Å². The molecule has 2 aliphatic rings. The van der Waals surface area contributed by atoms with Gasteiger partial charge in [0.1, 0.15) is 17.4 Å². The van der Waals surface area contributed by atoms with Gasteiger partial charge in [-0.15, -0.1) is 0 Å². The van der Waals surface area contributed by atoms with E-state index in [-0.39, 0.29) is 6.10 Å².